The molecule has 1 N–H and O–H groups in total. The van der Waals surface area contributed by atoms with Crippen LogP contribution < -0.4 is 0 Å². The molecular weight excluding hydrogens is 309 g/mol. The van der Waals surface area contributed by atoms with Crippen LogP contribution in [0, 0.1) is 5.82 Å². The van der Waals surface area contributed by atoms with Gasteiger partial charge in [0.25, 0.3) is 0 Å². The molecular formula is C15H21BrFNO. The zero-order valence-electron chi connectivity index (χ0n) is 11.3. The molecule has 1 aliphatic heterocycles. The molecule has 2 unspecified atom stereocenters. The SMILES string of the molecule is CC(O)CC1CCCCN1Cc1ccc(F)c(Br)c1. The van der Waals surface area contributed by atoms with Gasteiger partial charge < -0.3 is 5.11 Å². The largest absolute Gasteiger partial charge is 0.393 e. The molecule has 106 valence electrons. The van der Waals surface area contributed by atoms with Crippen LogP contribution in [0.4, 0.5) is 4.39 Å². The van der Waals surface area contributed by atoms with Gasteiger partial charge in [0.15, 0.2) is 0 Å². The van der Waals surface area contributed by atoms with Crippen molar-refractivity contribution in [2.24, 2.45) is 0 Å². The highest BCUT2D eigenvalue weighted by atomic mass is 79.9. The summed E-state index contributed by atoms with van der Waals surface area (Å²) in [7, 11) is 0. The lowest BCUT2D eigenvalue weighted by Gasteiger charge is -2.36. The molecule has 0 bridgehead atoms. The Morgan fingerprint density at radius 1 is 1.47 bits per heavy atom. The Hall–Kier alpha value is -0.450. The van der Waals surface area contributed by atoms with Crippen LogP contribution in [0.3, 0.4) is 0 Å². The predicted octanol–water partition coefficient (Wildman–Crippen LogP) is 3.71. The van der Waals surface area contributed by atoms with Crippen molar-refractivity contribution in [2.75, 3.05) is 6.54 Å². The molecule has 1 fully saturated rings. The van der Waals surface area contributed by atoms with Gasteiger partial charge in [-0.05, 0) is 66.4 Å². The van der Waals surface area contributed by atoms with E-state index in [0.717, 1.165) is 31.5 Å². The highest BCUT2D eigenvalue weighted by molar-refractivity contribution is 9.10. The number of piperidine rings is 1. The van der Waals surface area contributed by atoms with Crippen molar-refractivity contribution in [2.45, 2.75) is 51.3 Å². The Labute approximate surface area is 122 Å². The highest BCUT2D eigenvalue weighted by Gasteiger charge is 2.23. The summed E-state index contributed by atoms with van der Waals surface area (Å²) in [6.07, 6.45) is 4.15. The zero-order chi connectivity index (χ0) is 13.8. The van der Waals surface area contributed by atoms with Crippen LogP contribution in [0.25, 0.3) is 0 Å². The molecule has 0 saturated carbocycles. The van der Waals surface area contributed by atoms with E-state index in [1.165, 1.54) is 18.9 Å². The minimum absolute atomic E-state index is 0.220. The van der Waals surface area contributed by atoms with E-state index in [1.807, 2.05) is 19.1 Å². The summed E-state index contributed by atoms with van der Waals surface area (Å²) in [4.78, 5) is 2.41. The summed E-state index contributed by atoms with van der Waals surface area (Å²) in [5.74, 6) is -0.220. The van der Waals surface area contributed by atoms with Crippen molar-refractivity contribution in [3.63, 3.8) is 0 Å². The Balaban J connectivity index is 2.04. The van der Waals surface area contributed by atoms with E-state index in [2.05, 4.69) is 20.8 Å². The minimum Gasteiger partial charge on any atom is -0.393 e. The molecule has 1 aromatic carbocycles. The molecule has 0 spiro atoms. The number of benzene rings is 1. The normalized spacial score (nSPS) is 22.4. The lowest BCUT2D eigenvalue weighted by atomic mass is 9.96. The van der Waals surface area contributed by atoms with Gasteiger partial charge in [-0.1, -0.05) is 12.5 Å². The number of likely N-dealkylation sites (tertiary alicyclic amines) is 1. The maximum atomic E-state index is 13.2. The molecule has 0 aliphatic carbocycles. The fourth-order valence-electron chi connectivity index (χ4n) is 2.80. The first-order valence-electron chi connectivity index (χ1n) is 6.92. The Morgan fingerprint density at radius 2 is 2.26 bits per heavy atom. The highest BCUT2D eigenvalue weighted by Crippen LogP contribution is 2.24. The van der Waals surface area contributed by atoms with E-state index in [9.17, 15) is 9.50 Å². The number of aliphatic hydroxyl groups excluding tert-OH is 1. The Bertz CT molecular complexity index is 425. The Kier molecular flexibility index (Phi) is 5.37. The second-order valence-electron chi connectivity index (χ2n) is 5.45. The number of hydrogen-bond donors (Lipinski definition) is 1. The minimum atomic E-state index is -0.259. The molecule has 2 rings (SSSR count). The zero-order valence-corrected chi connectivity index (χ0v) is 12.9. The molecule has 2 nitrogen and oxygen atoms in total. The summed E-state index contributed by atoms with van der Waals surface area (Å²) in [6, 6.07) is 5.64. The van der Waals surface area contributed by atoms with Crippen molar-refractivity contribution in [1.29, 1.82) is 0 Å². The summed E-state index contributed by atoms with van der Waals surface area (Å²) in [5.41, 5.74) is 1.12. The fourth-order valence-corrected chi connectivity index (χ4v) is 3.23. The van der Waals surface area contributed by atoms with E-state index in [4.69, 9.17) is 0 Å². The van der Waals surface area contributed by atoms with Crippen LogP contribution in [-0.2, 0) is 6.54 Å². The van der Waals surface area contributed by atoms with E-state index in [-0.39, 0.29) is 11.9 Å². The molecule has 1 aromatic rings. The smallest absolute Gasteiger partial charge is 0.137 e. The first kappa shape index (κ1) is 14.9. The molecule has 0 radical (unpaired) electrons. The average molecular weight is 330 g/mol. The van der Waals surface area contributed by atoms with E-state index < -0.39 is 0 Å². The first-order valence-corrected chi connectivity index (χ1v) is 7.71. The third-order valence-electron chi connectivity index (χ3n) is 3.73. The first-order chi connectivity index (χ1) is 9.06. The van der Waals surface area contributed by atoms with Crippen molar-refractivity contribution < 1.29 is 9.50 Å². The molecule has 4 heteroatoms. The molecule has 1 heterocycles. The van der Waals surface area contributed by atoms with Crippen LogP contribution in [0.1, 0.15) is 38.2 Å². The standard InChI is InChI=1S/C15H21BrFNO/c1-11(19)8-13-4-2-3-7-18(13)10-12-5-6-15(17)14(16)9-12/h5-6,9,11,13,19H,2-4,7-8,10H2,1H3. The molecule has 1 aliphatic rings. The van der Waals surface area contributed by atoms with Crippen molar-refractivity contribution >= 4 is 15.9 Å². The van der Waals surface area contributed by atoms with Gasteiger partial charge >= 0.3 is 0 Å². The van der Waals surface area contributed by atoms with Crippen LogP contribution in [0.5, 0.6) is 0 Å². The van der Waals surface area contributed by atoms with Gasteiger partial charge in [-0.2, -0.15) is 0 Å². The van der Waals surface area contributed by atoms with Gasteiger partial charge in [0.1, 0.15) is 5.82 Å². The number of halogens is 2. The maximum Gasteiger partial charge on any atom is 0.137 e. The van der Waals surface area contributed by atoms with Gasteiger partial charge in [-0.25, -0.2) is 4.39 Å². The van der Waals surface area contributed by atoms with Crippen LogP contribution in [-0.4, -0.2) is 28.7 Å². The van der Waals surface area contributed by atoms with Crippen molar-refractivity contribution in [3.05, 3.63) is 34.1 Å². The van der Waals surface area contributed by atoms with Gasteiger partial charge in [0.05, 0.1) is 10.6 Å². The maximum absolute atomic E-state index is 13.2. The van der Waals surface area contributed by atoms with Crippen molar-refractivity contribution in [1.82, 2.24) is 4.90 Å². The lowest BCUT2D eigenvalue weighted by molar-refractivity contribution is 0.0817. The second-order valence-corrected chi connectivity index (χ2v) is 6.31. The summed E-state index contributed by atoms with van der Waals surface area (Å²) in [6.45, 7) is 3.74. The number of hydrogen-bond acceptors (Lipinski definition) is 2. The third kappa shape index (κ3) is 4.26. The Morgan fingerprint density at radius 3 is 2.95 bits per heavy atom. The van der Waals surface area contributed by atoms with E-state index in [0.29, 0.717) is 10.5 Å². The number of aliphatic hydroxyl groups is 1. The molecule has 2 atom stereocenters. The quantitative estimate of drug-likeness (QED) is 0.910. The fraction of sp³-hybridized carbons (Fsp3) is 0.600. The predicted molar refractivity (Wildman–Crippen MR) is 78.4 cm³/mol. The third-order valence-corrected chi connectivity index (χ3v) is 4.34. The summed E-state index contributed by atoms with van der Waals surface area (Å²) in [5, 5.41) is 9.59. The number of nitrogens with zero attached hydrogens (tertiary/aromatic N) is 1. The second kappa shape index (κ2) is 6.82. The van der Waals surface area contributed by atoms with Gasteiger partial charge in [0.2, 0.25) is 0 Å². The van der Waals surface area contributed by atoms with Gasteiger partial charge in [0, 0.05) is 12.6 Å². The summed E-state index contributed by atoms with van der Waals surface area (Å²) >= 11 is 3.23. The van der Waals surface area contributed by atoms with Crippen LogP contribution in [0.2, 0.25) is 0 Å². The lowest BCUT2D eigenvalue weighted by Crippen LogP contribution is -2.40. The monoisotopic (exact) mass is 329 g/mol. The summed E-state index contributed by atoms with van der Waals surface area (Å²) < 4.78 is 13.8. The van der Waals surface area contributed by atoms with E-state index in [1.54, 1.807) is 0 Å². The molecule has 0 amide bonds. The van der Waals surface area contributed by atoms with Crippen LogP contribution >= 0.6 is 15.9 Å². The van der Waals surface area contributed by atoms with Gasteiger partial charge in [-0.15, -0.1) is 0 Å². The topological polar surface area (TPSA) is 23.5 Å². The van der Waals surface area contributed by atoms with E-state index >= 15 is 0 Å². The molecule has 1 saturated heterocycles. The van der Waals surface area contributed by atoms with Crippen molar-refractivity contribution in [3.8, 4) is 0 Å². The molecule has 0 aromatic heterocycles. The molecule has 19 heavy (non-hydrogen) atoms. The van der Waals surface area contributed by atoms with Gasteiger partial charge in [-0.3, -0.25) is 4.90 Å². The average Bonchev–Trinajstić information content (AvgIpc) is 2.36. The van der Waals surface area contributed by atoms with Crippen LogP contribution in [0.15, 0.2) is 22.7 Å². The number of rotatable bonds is 4.